The van der Waals surface area contributed by atoms with Crippen molar-refractivity contribution in [2.45, 2.75) is 6.54 Å². The molecule has 4 nitrogen and oxygen atoms in total. The minimum atomic E-state index is -0.279. The molecule has 2 aromatic carbocycles. The molecule has 0 bridgehead atoms. The number of benzene rings is 2. The Morgan fingerprint density at radius 1 is 1.38 bits per heavy atom. The molecule has 0 aliphatic carbocycles. The van der Waals surface area contributed by atoms with Crippen molar-refractivity contribution in [3.63, 3.8) is 0 Å². The number of methoxy groups -OCH3 is 1. The van der Waals surface area contributed by atoms with Gasteiger partial charge in [0.05, 0.1) is 22.9 Å². The van der Waals surface area contributed by atoms with Gasteiger partial charge in [-0.1, -0.05) is 29.5 Å². The van der Waals surface area contributed by atoms with Gasteiger partial charge in [-0.05, 0) is 46.3 Å². The Hall–Kier alpha value is -2.18. The molecule has 0 radical (unpaired) electrons. The van der Waals surface area contributed by atoms with Gasteiger partial charge in [-0.2, -0.15) is 4.99 Å². The molecule has 1 heterocycles. The third-order valence-corrected chi connectivity index (χ3v) is 5.24. The van der Waals surface area contributed by atoms with E-state index in [9.17, 15) is 4.79 Å². The lowest BCUT2D eigenvalue weighted by Crippen LogP contribution is -2.16. The molecule has 1 amide bonds. The predicted octanol–water partition coefficient (Wildman–Crippen LogP) is 4.40. The van der Waals surface area contributed by atoms with Crippen LogP contribution in [0.2, 0.25) is 0 Å². The number of aromatic nitrogens is 1. The summed E-state index contributed by atoms with van der Waals surface area (Å²) in [7, 11) is 1.63. The molecule has 3 aromatic rings. The van der Waals surface area contributed by atoms with Gasteiger partial charge in [0.25, 0.3) is 5.91 Å². The first kappa shape index (κ1) is 16.7. The SMILES string of the molecule is C=CCn1c(=NC(=O)c2ccccc2Br)sc2cc(OC)ccc21. The quantitative estimate of drug-likeness (QED) is 0.606. The maximum atomic E-state index is 12.5. The van der Waals surface area contributed by atoms with E-state index in [0.29, 0.717) is 16.9 Å². The number of nitrogens with zero attached hydrogens (tertiary/aromatic N) is 2. The number of hydrogen-bond acceptors (Lipinski definition) is 3. The van der Waals surface area contributed by atoms with Crippen molar-refractivity contribution >= 4 is 43.4 Å². The minimum absolute atomic E-state index is 0.279. The van der Waals surface area contributed by atoms with Crippen molar-refractivity contribution in [1.29, 1.82) is 0 Å². The Labute approximate surface area is 151 Å². The normalized spacial score (nSPS) is 11.7. The number of carbonyl (C=O) groups excluding carboxylic acids is 1. The maximum absolute atomic E-state index is 12.5. The molecule has 3 rings (SSSR count). The molecule has 24 heavy (non-hydrogen) atoms. The smallest absolute Gasteiger partial charge is 0.280 e. The van der Waals surface area contributed by atoms with E-state index in [1.165, 1.54) is 11.3 Å². The fourth-order valence-electron chi connectivity index (χ4n) is 2.35. The summed E-state index contributed by atoms with van der Waals surface area (Å²) >= 11 is 4.85. The van der Waals surface area contributed by atoms with E-state index >= 15 is 0 Å². The monoisotopic (exact) mass is 402 g/mol. The van der Waals surface area contributed by atoms with Crippen LogP contribution in [0.3, 0.4) is 0 Å². The molecule has 0 aliphatic heterocycles. The van der Waals surface area contributed by atoms with Crippen molar-refractivity contribution < 1.29 is 9.53 Å². The van der Waals surface area contributed by atoms with Crippen LogP contribution in [-0.2, 0) is 6.54 Å². The first-order chi connectivity index (χ1) is 11.6. The van der Waals surface area contributed by atoms with Crippen LogP contribution in [0.5, 0.6) is 5.75 Å². The van der Waals surface area contributed by atoms with E-state index in [0.717, 1.165) is 20.4 Å². The van der Waals surface area contributed by atoms with Crippen molar-refractivity contribution in [3.05, 3.63) is 70.0 Å². The van der Waals surface area contributed by atoms with Gasteiger partial charge in [-0.25, -0.2) is 0 Å². The van der Waals surface area contributed by atoms with Crippen LogP contribution >= 0.6 is 27.3 Å². The Balaban J connectivity index is 2.17. The Kier molecular flexibility index (Phi) is 4.97. The maximum Gasteiger partial charge on any atom is 0.280 e. The van der Waals surface area contributed by atoms with Crippen LogP contribution in [-0.4, -0.2) is 17.6 Å². The number of hydrogen-bond donors (Lipinski definition) is 0. The largest absolute Gasteiger partial charge is 0.497 e. The summed E-state index contributed by atoms with van der Waals surface area (Å²) < 4.78 is 8.99. The van der Waals surface area contributed by atoms with Crippen molar-refractivity contribution in [3.8, 4) is 5.75 Å². The van der Waals surface area contributed by atoms with Gasteiger partial charge in [0, 0.05) is 11.0 Å². The van der Waals surface area contributed by atoms with E-state index < -0.39 is 0 Å². The zero-order valence-electron chi connectivity index (χ0n) is 13.0. The Morgan fingerprint density at radius 2 is 2.17 bits per heavy atom. The standard InChI is InChI=1S/C18H15BrN2O2S/c1-3-10-21-15-9-8-12(23-2)11-16(15)24-18(21)20-17(22)13-6-4-5-7-14(13)19/h3-9,11H,1,10H2,2H3. The summed E-state index contributed by atoms with van der Waals surface area (Å²) in [5, 5.41) is 0. The van der Waals surface area contributed by atoms with Crippen LogP contribution in [0.1, 0.15) is 10.4 Å². The molecular weight excluding hydrogens is 388 g/mol. The molecule has 6 heteroatoms. The second-order valence-corrected chi connectivity index (χ2v) is 6.88. The first-order valence-electron chi connectivity index (χ1n) is 7.26. The summed E-state index contributed by atoms with van der Waals surface area (Å²) in [4.78, 5) is 17.5. The van der Waals surface area contributed by atoms with Gasteiger partial charge in [0.1, 0.15) is 5.75 Å². The highest BCUT2D eigenvalue weighted by Crippen LogP contribution is 2.23. The average Bonchev–Trinajstić information content (AvgIpc) is 2.92. The number of halogens is 1. The topological polar surface area (TPSA) is 43.6 Å². The fourth-order valence-corrected chi connectivity index (χ4v) is 3.87. The zero-order valence-corrected chi connectivity index (χ0v) is 15.4. The van der Waals surface area contributed by atoms with Crippen LogP contribution in [0.4, 0.5) is 0 Å². The summed E-state index contributed by atoms with van der Waals surface area (Å²) in [6.45, 7) is 4.37. The molecule has 0 N–H and O–H groups in total. The zero-order chi connectivity index (χ0) is 17.1. The molecule has 1 aromatic heterocycles. The summed E-state index contributed by atoms with van der Waals surface area (Å²) in [6, 6.07) is 13.1. The van der Waals surface area contributed by atoms with Crippen LogP contribution in [0, 0.1) is 0 Å². The number of fused-ring (bicyclic) bond motifs is 1. The fraction of sp³-hybridized carbons (Fsp3) is 0.111. The van der Waals surface area contributed by atoms with Gasteiger partial charge in [0.15, 0.2) is 4.80 Å². The van der Waals surface area contributed by atoms with Crippen molar-refractivity contribution in [2.75, 3.05) is 7.11 Å². The van der Waals surface area contributed by atoms with E-state index in [1.807, 2.05) is 41.0 Å². The molecule has 0 saturated carbocycles. The molecule has 0 spiro atoms. The highest BCUT2D eigenvalue weighted by molar-refractivity contribution is 9.10. The lowest BCUT2D eigenvalue weighted by Gasteiger charge is -2.02. The number of rotatable bonds is 4. The number of allylic oxidation sites excluding steroid dienone is 1. The van der Waals surface area contributed by atoms with Crippen LogP contribution in [0.25, 0.3) is 10.2 Å². The first-order valence-corrected chi connectivity index (χ1v) is 8.87. The highest BCUT2D eigenvalue weighted by Gasteiger charge is 2.11. The second-order valence-electron chi connectivity index (χ2n) is 5.01. The lowest BCUT2D eigenvalue weighted by atomic mass is 10.2. The van der Waals surface area contributed by atoms with Crippen LogP contribution < -0.4 is 9.54 Å². The van der Waals surface area contributed by atoms with Gasteiger partial charge in [-0.3, -0.25) is 4.79 Å². The lowest BCUT2D eigenvalue weighted by molar-refractivity contribution is 0.0997. The molecule has 0 saturated heterocycles. The number of amides is 1. The molecule has 0 atom stereocenters. The van der Waals surface area contributed by atoms with Crippen LogP contribution in [0.15, 0.2) is 64.6 Å². The third kappa shape index (κ3) is 3.20. The van der Waals surface area contributed by atoms with Crippen molar-refractivity contribution in [1.82, 2.24) is 4.57 Å². The molecule has 0 fully saturated rings. The number of carbonyl (C=O) groups is 1. The Morgan fingerprint density at radius 3 is 2.88 bits per heavy atom. The summed E-state index contributed by atoms with van der Waals surface area (Å²) in [6.07, 6.45) is 1.79. The molecule has 0 unspecified atom stereocenters. The van der Waals surface area contributed by atoms with E-state index in [1.54, 1.807) is 19.3 Å². The summed E-state index contributed by atoms with van der Waals surface area (Å²) in [5.74, 6) is 0.497. The van der Waals surface area contributed by atoms with Gasteiger partial charge in [-0.15, -0.1) is 6.58 Å². The van der Waals surface area contributed by atoms with Crippen molar-refractivity contribution in [2.24, 2.45) is 4.99 Å². The average molecular weight is 403 g/mol. The van der Waals surface area contributed by atoms with Gasteiger partial charge < -0.3 is 9.30 Å². The van der Waals surface area contributed by atoms with E-state index in [4.69, 9.17) is 4.74 Å². The number of thiazole rings is 1. The van der Waals surface area contributed by atoms with E-state index in [2.05, 4.69) is 27.5 Å². The highest BCUT2D eigenvalue weighted by atomic mass is 79.9. The van der Waals surface area contributed by atoms with Gasteiger partial charge in [0.2, 0.25) is 0 Å². The molecule has 0 aliphatic rings. The minimum Gasteiger partial charge on any atom is -0.497 e. The molecular formula is C18H15BrN2O2S. The predicted molar refractivity (Wildman–Crippen MR) is 101 cm³/mol. The Bertz CT molecular complexity index is 988. The molecule has 122 valence electrons. The van der Waals surface area contributed by atoms with Gasteiger partial charge >= 0.3 is 0 Å². The number of ether oxygens (including phenoxy) is 1. The third-order valence-electron chi connectivity index (χ3n) is 3.50. The summed E-state index contributed by atoms with van der Waals surface area (Å²) in [5.41, 5.74) is 1.54. The van der Waals surface area contributed by atoms with E-state index in [-0.39, 0.29) is 5.91 Å². The second kappa shape index (κ2) is 7.15.